The van der Waals surface area contributed by atoms with E-state index in [2.05, 4.69) is 35.8 Å². The van der Waals surface area contributed by atoms with Gasteiger partial charge < -0.3 is 10.1 Å². The van der Waals surface area contributed by atoms with Gasteiger partial charge in [-0.05, 0) is 55.6 Å². The van der Waals surface area contributed by atoms with E-state index in [0.29, 0.717) is 12.1 Å². The minimum absolute atomic E-state index is 0.540. The molecule has 0 saturated heterocycles. The molecule has 1 aromatic carbocycles. The van der Waals surface area contributed by atoms with Gasteiger partial charge in [-0.25, -0.2) is 0 Å². The van der Waals surface area contributed by atoms with E-state index in [1.165, 1.54) is 37.7 Å². The number of hydrogen-bond acceptors (Lipinski definition) is 3. The van der Waals surface area contributed by atoms with E-state index in [-0.39, 0.29) is 0 Å². The summed E-state index contributed by atoms with van der Waals surface area (Å²) in [5, 5.41) is 4.77. The van der Waals surface area contributed by atoms with E-state index >= 15 is 0 Å². The Kier molecular flexibility index (Phi) is 4.57. The van der Waals surface area contributed by atoms with Crippen LogP contribution in [0.3, 0.4) is 0 Å². The number of benzene rings is 1. The van der Waals surface area contributed by atoms with Crippen molar-refractivity contribution in [2.45, 2.75) is 49.4 Å². The summed E-state index contributed by atoms with van der Waals surface area (Å²) in [7, 11) is 1.73. The van der Waals surface area contributed by atoms with Crippen LogP contribution in [0.25, 0.3) is 0 Å². The van der Waals surface area contributed by atoms with Crippen molar-refractivity contribution >= 4 is 11.8 Å². The first-order valence-electron chi connectivity index (χ1n) is 7.74. The summed E-state index contributed by atoms with van der Waals surface area (Å²) in [6.45, 7) is 0. The van der Waals surface area contributed by atoms with E-state index in [4.69, 9.17) is 4.74 Å². The quantitative estimate of drug-likeness (QED) is 0.855. The standard InChI is InChI=1S/C17H25NOS/c1-19-14-10-8-13(9-11-14)17(12-6-7-12)18-15-4-3-5-16(15)20-2/h8-12,15-18H,3-7H2,1-2H3. The average Bonchev–Trinajstić information content (AvgIpc) is 3.24. The Balaban J connectivity index is 1.71. The lowest BCUT2D eigenvalue weighted by Crippen LogP contribution is -2.37. The summed E-state index contributed by atoms with van der Waals surface area (Å²) in [4.78, 5) is 0. The summed E-state index contributed by atoms with van der Waals surface area (Å²) in [6.07, 6.45) is 9.10. The van der Waals surface area contributed by atoms with Crippen molar-refractivity contribution in [1.29, 1.82) is 0 Å². The van der Waals surface area contributed by atoms with Crippen LogP contribution in [0.5, 0.6) is 5.75 Å². The summed E-state index contributed by atoms with van der Waals surface area (Å²) in [6, 6.07) is 9.88. The third kappa shape index (κ3) is 3.15. The summed E-state index contributed by atoms with van der Waals surface area (Å²) in [5.74, 6) is 1.79. The molecule has 0 aliphatic heterocycles. The molecule has 0 aromatic heterocycles. The summed E-state index contributed by atoms with van der Waals surface area (Å²) >= 11 is 2.03. The Labute approximate surface area is 126 Å². The predicted octanol–water partition coefficient (Wildman–Crippen LogP) is 4.02. The number of nitrogens with one attached hydrogen (secondary N) is 1. The van der Waals surface area contributed by atoms with E-state index in [0.717, 1.165) is 16.9 Å². The Morgan fingerprint density at radius 1 is 1.15 bits per heavy atom. The molecule has 0 heterocycles. The molecule has 3 atom stereocenters. The molecule has 2 nitrogen and oxygen atoms in total. The molecule has 2 fully saturated rings. The number of methoxy groups -OCH3 is 1. The van der Waals surface area contributed by atoms with Gasteiger partial charge in [-0.3, -0.25) is 0 Å². The minimum atomic E-state index is 0.540. The zero-order chi connectivity index (χ0) is 13.9. The second-order valence-corrected chi connectivity index (χ2v) is 7.14. The fourth-order valence-corrected chi connectivity index (χ4v) is 4.32. The molecule has 110 valence electrons. The molecule has 1 aromatic rings. The van der Waals surface area contributed by atoms with Crippen LogP contribution in [0.2, 0.25) is 0 Å². The van der Waals surface area contributed by atoms with E-state index in [9.17, 15) is 0 Å². The van der Waals surface area contributed by atoms with Crippen molar-refractivity contribution in [2.24, 2.45) is 5.92 Å². The molecular formula is C17H25NOS. The first-order chi connectivity index (χ1) is 9.81. The van der Waals surface area contributed by atoms with Crippen LogP contribution in [-0.4, -0.2) is 24.7 Å². The Morgan fingerprint density at radius 3 is 2.50 bits per heavy atom. The second-order valence-electron chi connectivity index (χ2n) is 6.07. The Bertz CT molecular complexity index is 429. The highest BCUT2D eigenvalue weighted by atomic mass is 32.2. The van der Waals surface area contributed by atoms with Gasteiger partial charge in [0.05, 0.1) is 7.11 Å². The fraction of sp³-hybridized carbons (Fsp3) is 0.647. The third-order valence-electron chi connectivity index (χ3n) is 4.72. The van der Waals surface area contributed by atoms with Gasteiger partial charge in [0.1, 0.15) is 5.75 Å². The van der Waals surface area contributed by atoms with Crippen molar-refractivity contribution < 1.29 is 4.74 Å². The topological polar surface area (TPSA) is 21.3 Å². The normalized spacial score (nSPS) is 27.5. The van der Waals surface area contributed by atoms with Gasteiger partial charge in [0, 0.05) is 17.3 Å². The molecule has 0 spiro atoms. The lowest BCUT2D eigenvalue weighted by Gasteiger charge is -2.27. The van der Waals surface area contributed by atoms with Crippen molar-refractivity contribution in [2.75, 3.05) is 13.4 Å². The average molecular weight is 291 g/mol. The number of ether oxygens (including phenoxy) is 1. The van der Waals surface area contributed by atoms with Gasteiger partial charge in [-0.2, -0.15) is 11.8 Å². The molecule has 3 rings (SSSR count). The van der Waals surface area contributed by atoms with Gasteiger partial charge in [-0.15, -0.1) is 0 Å². The molecule has 20 heavy (non-hydrogen) atoms. The SMILES string of the molecule is COc1ccc(C(NC2CCCC2SC)C2CC2)cc1. The van der Waals surface area contributed by atoms with Crippen molar-refractivity contribution in [3.05, 3.63) is 29.8 Å². The molecule has 0 radical (unpaired) electrons. The van der Waals surface area contributed by atoms with Crippen molar-refractivity contribution in [3.63, 3.8) is 0 Å². The summed E-state index contributed by atoms with van der Waals surface area (Å²) < 4.78 is 5.27. The zero-order valence-electron chi connectivity index (χ0n) is 12.5. The monoisotopic (exact) mass is 291 g/mol. The first-order valence-corrected chi connectivity index (χ1v) is 9.03. The Morgan fingerprint density at radius 2 is 1.90 bits per heavy atom. The largest absolute Gasteiger partial charge is 0.497 e. The van der Waals surface area contributed by atoms with E-state index < -0.39 is 0 Å². The lowest BCUT2D eigenvalue weighted by atomic mass is 10.0. The maximum absolute atomic E-state index is 5.27. The van der Waals surface area contributed by atoms with Crippen LogP contribution in [0.4, 0.5) is 0 Å². The first kappa shape index (κ1) is 14.3. The molecule has 2 aliphatic rings. The smallest absolute Gasteiger partial charge is 0.118 e. The van der Waals surface area contributed by atoms with Crippen LogP contribution in [-0.2, 0) is 0 Å². The molecule has 2 saturated carbocycles. The third-order valence-corrected chi connectivity index (χ3v) is 5.89. The second kappa shape index (κ2) is 6.40. The molecular weight excluding hydrogens is 266 g/mol. The van der Waals surface area contributed by atoms with Crippen molar-refractivity contribution in [1.82, 2.24) is 5.32 Å². The predicted molar refractivity (Wildman–Crippen MR) is 86.5 cm³/mol. The van der Waals surface area contributed by atoms with Gasteiger partial charge in [0.25, 0.3) is 0 Å². The fourth-order valence-electron chi connectivity index (χ4n) is 3.37. The molecule has 2 aliphatic carbocycles. The zero-order valence-corrected chi connectivity index (χ0v) is 13.3. The number of rotatable bonds is 6. The van der Waals surface area contributed by atoms with Gasteiger partial charge in [0.15, 0.2) is 0 Å². The lowest BCUT2D eigenvalue weighted by molar-refractivity contribution is 0.405. The number of thioether (sulfide) groups is 1. The maximum Gasteiger partial charge on any atom is 0.118 e. The maximum atomic E-state index is 5.27. The number of hydrogen-bond donors (Lipinski definition) is 1. The van der Waals surface area contributed by atoms with Crippen LogP contribution >= 0.6 is 11.8 Å². The van der Waals surface area contributed by atoms with Gasteiger partial charge in [0.2, 0.25) is 0 Å². The van der Waals surface area contributed by atoms with Crippen LogP contribution < -0.4 is 10.1 Å². The Hall–Kier alpha value is -0.670. The molecule has 0 bridgehead atoms. The van der Waals surface area contributed by atoms with Crippen LogP contribution in [0.1, 0.15) is 43.7 Å². The van der Waals surface area contributed by atoms with Crippen LogP contribution in [0.15, 0.2) is 24.3 Å². The van der Waals surface area contributed by atoms with E-state index in [1.54, 1.807) is 7.11 Å². The van der Waals surface area contributed by atoms with Crippen LogP contribution in [0, 0.1) is 5.92 Å². The highest BCUT2D eigenvalue weighted by Crippen LogP contribution is 2.43. The molecule has 0 amide bonds. The molecule has 3 heteroatoms. The molecule has 1 N–H and O–H groups in total. The highest BCUT2D eigenvalue weighted by Gasteiger charge is 2.36. The van der Waals surface area contributed by atoms with E-state index in [1.807, 2.05) is 11.8 Å². The minimum Gasteiger partial charge on any atom is -0.497 e. The van der Waals surface area contributed by atoms with Crippen molar-refractivity contribution in [3.8, 4) is 5.75 Å². The molecule has 3 unspecified atom stereocenters. The highest BCUT2D eigenvalue weighted by molar-refractivity contribution is 7.99. The van der Waals surface area contributed by atoms with Gasteiger partial charge in [-0.1, -0.05) is 18.6 Å². The van der Waals surface area contributed by atoms with Gasteiger partial charge >= 0.3 is 0 Å². The summed E-state index contributed by atoms with van der Waals surface area (Å²) in [5.41, 5.74) is 1.43.